The number of para-hydroxylation sites is 1. The van der Waals surface area contributed by atoms with Gasteiger partial charge in [0.15, 0.2) is 0 Å². The first-order valence-electron chi connectivity index (χ1n) is 5.66. The van der Waals surface area contributed by atoms with E-state index in [0.29, 0.717) is 0 Å². The Balaban J connectivity index is 2.12. The summed E-state index contributed by atoms with van der Waals surface area (Å²) in [5.41, 5.74) is 4.75. The first-order chi connectivity index (χ1) is 8.36. The molecule has 0 bridgehead atoms. The van der Waals surface area contributed by atoms with Crippen molar-refractivity contribution in [2.45, 2.75) is 6.42 Å². The van der Waals surface area contributed by atoms with Crippen molar-refractivity contribution in [3.05, 3.63) is 59.2 Å². The van der Waals surface area contributed by atoms with E-state index in [2.05, 4.69) is 35.3 Å². The summed E-state index contributed by atoms with van der Waals surface area (Å²) in [6, 6.07) is 14.4. The van der Waals surface area contributed by atoms with Gasteiger partial charge in [-0.2, -0.15) is 0 Å². The molecule has 1 heterocycles. The molecule has 0 N–H and O–H groups in total. The molecule has 0 saturated heterocycles. The van der Waals surface area contributed by atoms with Gasteiger partial charge < -0.3 is 4.74 Å². The van der Waals surface area contributed by atoms with Gasteiger partial charge in [-0.3, -0.25) is 4.99 Å². The lowest BCUT2D eigenvalue weighted by atomic mass is 10.0. The fourth-order valence-corrected chi connectivity index (χ4v) is 2.12. The average Bonchev–Trinajstić information content (AvgIpc) is 2.56. The van der Waals surface area contributed by atoms with Crippen molar-refractivity contribution in [2.75, 3.05) is 7.11 Å². The van der Waals surface area contributed by atoms with Crippen LogP contribution in [0.15, 0.2) is 47.5 Å². The van der Waals surface area contributed by atoms with Crippen molar-refractivity contribution in [3.63, 3.8) is 0 Å². The number of rotatable bonds is 1. The van der Waals surface area contributed by atoms with Gasteiger partial charge in [-0.1, -0.05) is 18.2 Å². The molecule has 2 aromatic carbocycles. The van der Waals surface area contributed by atoms with E-state index in [9.17, 15) is 0 Å². The Kier molecular flexibility index (Phi) is 2.41. The average molecular weight is 223 g/mol. The molecule has 0 saturated carbocycles. The molecule has 2 aromatic rings. The first-order valence-corrected chi connectivity index (χ1v) is 5.66. The maximum atomic E-state index is 5.26. The Morgan fingerprint density at radius 1 is 1.06 bits per heavy atom. The molecule has 0 atom stereocenters. The van der Waals surface area contributed by atoms with Crippen LogP contribution in [0.4, 0.5) is 5.69 Å². The van der Waals surface area contributed by atoms with Crippen LogP contribution in [0.1, 0.15) is 16.7 Å². The molecule has 0 amide bonds. The molecule has 2 heteroatoms. The van der Waals surface area contributed by atoms with Crippen molar-refractivity contribution >= 4 is 11.9 Å². The van der Waals surface area contributed by atoms with Gasteiger partial charge in [0, 0.05) is 12.6 Å². The Morgan fingerprint density at radius 3 is 2.82 bits per heavy atom. The predicted molar refractivity (Wildman–Crippen MR) is 69.5 cm³/mol. The zero-order valence-corrected chi connectivity index (χ0v) is 9.68. The second-order valence-corrected chi connectivity index (χ2v) is 4.13. The van der Waals surface area contributed by atoms with E-state index in [4.69, 9.17) is 4.74 Å². The summed E-state index contributed by atoms with van der Waals surface area (Å²) in [7, 11) is 1.69. The molecule has 0 aromatic heterocycles. The largest absolute Gasteiger partial charge is 0.497 e. The van der Waals surface area contributed by atoms with E-state index in [1.165, 1.54) is 16.7 Å². The molecule has 17 heavy (non-hydrogen) atoms. The maximum absolute atomic E-state index is 5.26. The van der Waals surface area contributed by atoms with Crippen molar-refractivity contribution in [2.24, 2.45) is 4.99 Å². The molecule has 1 aliphatic rings. The monoisotopic (exact) mass is 223 g/mol. The van der Waals surface area contributed by atoms with Crippen LogP contribution >= 0.6 is 0 Å². The highest BCUT2D eigenvalue weighted by Gasteiger charge is 2.10. The lowest BCUT2D eigenvalue weighted by molar-refractivity contribution is 0.414. The minimum absolute atomic E-state index is 0.900. The van der Waals surface area contributed by atoms with E-state index in [1.807, 2.05) is 18.3 Å². The van der Waals surface area contributed by atoms with E-state index in [0.717, 1.165) is 17.9 Å². The smallest absolute Gasteiger partial charge is 0.119 e. The van der Waals surface area contributed by atoms with E-state index in [1.54, 1.807) is 7.11 Å². The van der Waals surface area contributed by atoms with Crippen LogP contribution < -0.4 is 4.74 Å². The van der Waals surface area contributed by atoms with Crippen molar-refractivity contribution in [3.8, 4) is 5.75 Å². The van der Waals surface area contributed by atoms with Gasteiger partial charge in [-0.25, -0.2) is 0 Å². The minimum atomic E-state index is 0.900. The number of nitrogens with zero attached hydrogens (tertiary/aromatic N) is 1. The van der Waals surface area contributed by atoms with Gasteiger partial charge >= 0.3 is 0 Å². The topological polar surface area (TPSA) is 21.6 Å². The molecule has 0 radical (unpaired) electrons. The number of aliphatic imine (C=N–C) groups is 1. The van der Waals surface area contributed by atoms with E-state index < -0.39 is 0 Å². The SMILES string of the molecule is COc1ccc2c(c1)Cc1ccccc1N=C2. The Hall–Kier alpha value is -2.09. The maximum Gasteiger partial charge on any atom is 0.119 e. The summed E-state index contributed by atoms with van der Waals surface area (Å²) in [5.74, 6) is 0.900. The highest BCUT2D eigenvalue weighted by Crippen LogP contribution is 2.28. The lowest BCUT2D eigenvalue weighted by Gasteiger charge is -2.07. The van der Waals surface area contributed by atoms with Crippen LogP contribution in [-0.4, -0.2) is 13.3 Å². The fourth-order valence-electron chi connectivity index (χ4n) is 2.12. The first kappa shape index (κ1) is 10.1. The van der Waals surface area contributed by atoms with Crippen molar-refractivity contribution < 1.29 is 4.74 Å². The van der Waals surface area contributed by atoms with Crippen LogP contribution in [-0.2, 0) is 6.42 Å². The van der Waals surface area contributed by atoms with Gasteiger partial charge in [0.2, 0.25) is 0 Å². The molecule has 84 valence electrons. The Labute approximate surface area is 101 Å². The third kappa shape index (κ3) is 1.82. The number of methoxy groups -OCH3 is 1. The van der Waals surface area contributed by atoms with Crippen LogP contribution in [0.3, 0.4) is 0 Å². The predicted octanol–water partition coefficient (Wildman–Crippen LogP) is 3.35. The molecule has 0 aliphatic carbocycles. The quantitative estimate of drug-likeness (QED) is 0.620. The molecule has 0 fully saturated rings. The number of benzene rings is 2. The van der Waals surface area contributed by atoms with Crippen molar-refractivity contribution in [1.82, 2.24) is 0 Å². The van der Waals surface area contributed by atoms with E-state index in [-0.39, 0.29) is 0 Å². The van der Waals surface area contributed by atoms with Gasteiger partial charge in [0.1, 0.15) is 5.75 Å². The fraction of sp³-hybridized carbons (Fsp3) is 0.133. The summed E-state index contributed by atoms with van der Waals surface area (Å²) in [4.78, 5) is 4.52. The van der Waals surface area contributed by atoms with Crippen LogP contribution in [0.25, 0.3) is 0 Å². The summed E-state index contributed by atoms with van der Waals surface area (Å²) < 4.78 is 5.26. The summed E-state index contributed by atoms with van der Waals surface area (Å²) in [6.45, 7) is 0. The normalized spacial score (nSPS) is 12.5. The molecule has 0 spiro atoms. The zero-order chi connectivity index (χ0) is 11.7. The van der Waals surface area contributed by atoms with Gasteiger partial charge in [0.25, 0.3) is 0 Å². The Bertz CT molecular complexity index is 587. The minimum Gasteiger partial charge on any atom is -0.497 e. The highest BCUT2D eigenvalue weighted by molar-refractivity contribution is 5.86. The summed E-state index contributed by atoms with van der Waals surface area (Å²) >= 11 is 0. The standard InChI is InChI=1S/C15H13NO/c1-17-14-7-6-12-10-16-15-5-3-2-4-11(15)8-13(12)9-14/h2-7,9-10H,8H2,1H3. The lowest BCUT2D eigenvalue weighted by Crippen LogP contribution is -1.94. The van der Waals surface area contributed by atoms with Crippen LogP contribution in [0.5, 0.6) is 5.75 Å². The molecular formula is C15H13NO. The van der Waals surface area contributed by atoms with E-state index >= 15 is 0 Å². The van der Waals surface area contributed by atoms with Crippen molar-refractivity contribution in [1.29, 1.82) is 0 Å². The third-order valence-electron chi connectivity index (χ3n) is 3.07. The summed E-state index contributed by atoms with van der Waals surface area (Å²) in [6.07, 6.45) is 2.84. The number of hydrogen-bond acceptors (Lipinski definition) is 2. The number of fused-ring (bicyclic) bond motifs is 2. The number of ether oxygens (including phenoxy) is 1. The molecule has 3 rings (SSSR count). The number of hydrogen-bond donors (Lipinski definition) is 0. The third-order valence-corrected chi connectivity index (χ3v) is 3.07. The zero-order valence-electron chi connectivity index (χ0n) is 9.68. The highest BCUT2D eigenvalue weighted by atomic mass is 16.5. The Morgan fingerprint density at radius 2 is 1.94 bits per heavy atom. The molecule has 0 unspecified atom stereocenters. The molecule has 2 nitrogen and oxygen atoms in total. The second kappa shape index (κ2) is 4.06. The van der Waals surface area contributed by atoms with Gasteiger partial charge in [-0.15, -0.1) is 0 Å². The van der Waals surface area contributed by atoms with Gasteiger partial charge in [0.05, 0.1) is 12.8 Å². The van der Waals surface area contributed by atoms with Gasteiger partial charge in [-0.05, 0) is 41.0 Å². The summed E-state index contributed by atoms with van der Waals surface area (Å²) in [5, 5.41) is 0. The van der Waals surface area contributed by atoms with Crippen LogP contribution in [0.2, 0.25) is 0 Å². The molecular weight excluding hydrogens is 210 g/mol. The molecule has 1 aliphatic heterocycles. The van der Waals surface area contributed by atoms with Crippen LogP contribution in [0, 0.1) is 0 Å². The second-order valence-electron chi connectivity index (χ2n) is 4.13.